The van der Waals surface area contributed by atoms with Gasteiger partial charge in [0.1, 0.15) is 0 Å². The van der Waals surface area contributed by atoms with Gasteiger partial charge in [0.2, 0.25) is 11.8 Å². The molecule has 1 fully saturated rings. The van der Waals surface area contributed by atoms with E-state index in [9.17, 15) is 14.4 Å². The smallest absolute Gasteiger partial charge is 0.224 e. The Morgan fingerprint density at radius 1 is 1.19 bits per heavy atom. The van der Waals surface area contributed by atoms with Crippen LogP contribution in [0, 0.1) is 25.7 Å². The van der Waals surface area contributed by atoms with E-state index in [1.54, 1.807) is 4.68 Å². The predicted molar refractivity (Wildman–Crippen MR) is 98.8 cm³/mol. The minimum Gasteiger partial charge on any atom is -0.351 e. The largest absolute Gasteiger partial charge is 0.351 e. The molecule has 0 spiro atoms. The number of carbonyl (C=O) groups is 3. The van der Waals surface area contributed by atoms with E-state index in [1.807, 2.05) is 18.7 Å². The standard InChI is InChI=1S/C19H30N4O3/c1-11(2)16-9-22(10-17(16)20-15(6)25)18(26)7-8-23-13(4)19(14(5)24)12(3)21-23/h11,16-17H,7-10H2,1-6H3,(H,20,25). The molecule has 1 saturated heterocycles. The highest BCUT2D eigenvalue weighted by molar-refractivity contribution is 5.96. The number of Topliss-reactive ketones (excluding diaryl/α,β-unsaturated/α-hetero) is 1. The van der Waals surface area contributed by atoms with Gasteiger partial charge in [0, 0.05) is 44.6 Å². The summed E-state index contributed by atoms with van der Waals surface area (Å²) in [5, 5.41) is 7.37. The Morgan fingerprint density at radius 3 is 2.35 bits per heavy atom. The van der Waals surface area contributed by atoms with Gasteiger partial charge in [-0.15, -0.1) is 0 Å². The van der Waals surface area contributed by atoms with Crippen LogP contribution < -0.4 is 5.32 Å². The van der Waals surface area contributed by atoms with Gasteiger partial charge in [0.15, 0.2) is 5.78 Å². The molecule has 1 aliphatic rings. The molecule has 0 aromatic carbocycles. The minimum atomic E-state index is -0.0608. The van der Waals surface area contributed by atoms with Gasteiger partial charge in [-0.2, -0.15) is 5.10 Å². The second-order valence-corrected chi connectivity index (χ2v) is 7.59. The SMILES string of the molecule is CC(=O)NC1CN(C(=O)CCn2nc(C)c(C(C)=O)c2C)CC1C(C)C. The van der Waals surface area contributed by atoms with E-state index in [-0.39, 0.29) is 29.6 Å². The highest BCUT2D eigenvalue weighted by atomic mass is 16.2. The summed E-state index contributed by atoms with van der Waals surface area (Å²) in [6, 6.07) is 0.00875. The van der Waals surface area contributed by atoms with Crippen LogP contribution in [-0.2, 0) is 16.1 Å². The molecule has 7 heteroatoms. The molecule has 0 bridgehead atoms. The number of aromatic nitrogens is 2. The highest BCUT2D eigenvalue weighted by Crippen LogP contribution is 2.25. The molecular weight excluding hydrogens is 332 g/mol. The molecule has 2 rings (SSSR count). The van der Waals surface area contributed by atoms with Gasteiger partial charge >= 0.3 is 0 Å². The average Bonchev–Trinajstić information content (AvgIpc) is 3.05. The summed E-state index contributed by atoms with van der Waals surface area (Å²) in [7, 11) is 0. The van der Waals surface area contributed by atoms with Gasteiger partial charge in [-0.05, 0) is 26.7 Å². The van der Waals surface area contributed by atoms with Crippen molar-refractivity contribution in [3.63, 3.8) is 0 Å². The Morgan fingerprint density at radius 2 is 1.85 bits per heavy atom. The fraction of sp³-hybridized carbons (Fsp3) is 0.684. The van der Waals surface area contributed by atoms with Crippen LogP contribution in [0.5, 0.6) is 0 Å². The maximum atomic E-state index is 12.7. The zero-order chi connectivity index (χ0) is 19.6. The molecule has 0 radical (unpaired) electrons. The van der Waals surface area contributed by atoms with Crippen LogP contribution in [0.25, 0.3) is 0 Å². The number of nitrogens with zero attached hydrogens (tertiary/aromatic N) is 3. The number of rotatable bonds is 6. The lowest BCUT2D eigenvalue weighted by atomic mass is 9.91. The fourth-order valence-electron chi connectivity index (χ4n) is 3.91. The number of carbonyl (C=O) groups excluding carboxylic acids is 3. The molecule has 26 heavy (non-hydrogen) atoms. The van der Waals surface area contributed by atoms with Crippen molar-refractivity contribution in [2.24, 2.45) is 11.8 Å². The molecule has 0 aliphatic carbocycles. The molecule has 144 valence electrons. The van der Waals surface area contributed by atoms with Crippen LogP contribution in [0.2, 0.25) is 0 Å². The summed E-state index contributed by atoms with van der Waals surface area (Å²) in [5.74, 6) is 0.643. The normalized spacial score (nSPS) is 19.9. The number of amides is 2. The molecule has 1 aromatic rings. The Kier molecular flexibility index (Phi) is 6.21. The van der Waals surface area contributed by atoms with E-state index >= 15 is 0 Å². The van der Waals surface area contributed by atoms with Gasteiger partial charge < -0.3 is 10.2 Å². The summed E-state index contributed by atoms with van der Waals surface area (Å²) >= 11 is 0. The number of ketones is 1. The number of hydrogen-bond donors (Lipinski definition) is 1. The summed E-state index contributed by atoms with van der Waals surface area (Å²) in [5.41, 5.74) is 2.15. The molecule has 2 atom stereocenters. The maximum absolute atomic E-state index is 12.7. The van der Waals surface area contributed by atoms with Crippen LogP contribution in [0.1, 0.15) is 55.9 Å². The lowest BCUT2D eigenvalue weighted by Gasteiger charge is -2.21. The molecular formula is C19H30N4O3. The monoisotopic (exact) mass is 362 g/mol. The first kappa shape index (κ1) is 20.1. The number of nitrogens with one attached hydrogen (secondary N) is 1. The quantitative estimate of drug-likeness (QED) is 0.781. The molecule has 7 nitrogen and oxygen atoms in total. The summed E-state index contributed by atoms with van der Waals surface area (Å²) in [4.78, 5) is 37.6. The van der Waals surface area contributed by atoms with E-state index < -0.39 is 0 Å². The van der Waals surface area contributed by atoms with E-state index in [1.165, 1.54) is 13.8 Å². The number of hydrogen-bond acceptors (Lipinski definition) is 4. The first-order valence-electron chi connectivity index (χ1n) is 9.21. The van der Waals surface area contributed by atoms with Crippen LogP contribution in [-0.4, -0.2) is 51.4 Å². The van der Waals surface area contributed by atoms with Crippen molar-refractivity contribution in [2.45, 2.75) is 60.5 Å². The zero-order valence-corrected chi connectivity index (χ0v) is 16.6. The topological polar surface area (TPSA) is 84.3 Å². The van der Waals surface area contributed by atoms with Crippen molar-refractivity contribution in [1.82, 2.24) is 20.0 Å². The van der Waals surface area contributed by atoms with E-state index in [2.05, 4.69) is 24.3 Å². The van der Waals surface area contributed by atoms with Crippen LogP contribution in [0.15, 0.2) is 0 Å². The Hall–Kier alpha value is -2.18. The van der Waals surface area contributed by atoms with Gasteiger partial charge in [-0.25, -0.2) is 0 Å². The van der Waals surface area contributed by atoms with Crippen molar-refractivity contribution >= 4 is 17.6 Å². The fourth-order valence-corrected chi connectivity index (χ4v) is 3.91. The lowest BCUT2D eigenvalue weighted by Crippen LogP contribution is -2.41. The van der Waals surface area contributed by atoms with Gasteiger partial charge in [-0.1, -0.05) is 13.8 Å². The van der Waals surface area contributed by atoms with Gasteiger partial charge in [-0.3, -0.25) is 19.1 Å². The first-order chi connectivity index (χ1) is 12.1. The summed E-state index contributed by atoms with van der Waals surface area (Å²) < 4.78 is 1.74. The molecule has 2 amide bonds. The van der Waals surface area contributed by atoms with Crippen LogP contribution >= 0.6 is 0 Å². The number of aryl methyl sites for hydroxylation is 2. The lowest BCUT2D eigenvalue weighted by molar-refractivity contribution is -0.131. The molecule has 1 aliphatic heterocycles. The molecule has 0 saturated carbocycles. The second-order valence-electron chi connectivity index (χ2n) is 7.59. The Labute approximate surface area is 155 Å². The molecule has 1 N–H and O–H groups in total. The Bertz CT molecular complexity index is 708. The number of likely N-dealkylation sites (tertiary alicyclic amines) is 1. The molecule has 2 heterocycles. The third-order valence-corrected chi connectivity index (χ3v) is 5.23. The van der Waals surface area contributed by atoms with E-state index in [4.69, 9.17) is 0 Å². The van der Waals surface area contributed by atoms with Crippen LogP contribution in [0.3, 0.4) is 0 Å². The van der Waals surface area contributed by atoms with Gasteiger partial charge in [0.25, 0.3) is 0 Å². The average molecular weight is 362 g/mol. The maximum Gasteiger partial charge on any atom is 0.224 e. The third-order valence-electron chi connectivity index (χ3n) is 5.23. The molecule has 2 unspecified atom stereocenters. The van der Waals surface area contributed by atoms with Crippen molar-refractivity contribution in [2.75, 3.05) is 13.1 Å². The minimum absolute atomic E-state index is 0.00459. The van der Waals surface area contributed by atoms with E-state index in [0.29, 0.717) is 43.2 Å². The van der Waals surface area contributed by atoms with Crippen molar-refractivity contribution in [3.05, 3.63) is 17.0 Å². The first-order valence-corrected chi connectivity index (χ1v) is 9.21. The van der Waals surface area contributed by atoms with E-state index in [0.717, 1.165) is 5.69 Å². The Balaban J connectivity index is 2.01. The zero-order valence-electron chi connectivity index (χ0n) is 16.6. The second kappa shape index (κ2) is 8.01. The molecule has 1 aromatic heterocycles. The van der Waals surface area contributed by atoms with Crippen molar-refractivity contribution in [1.29, 1.82) is 0 Å². The van der Waals surface area contributed by atoms with Crippen molar-refractivity contribution < 1.29 is 14.4 Å². The summed E-state index contributed by atoms with van der Waals surface area (Å²) in [6.07, 6.45) is 0.330. The van der Waals surface area contributed by atoms with Crippen LogP contribution in [0.4, 0.5) is 0 Å². The predicted octanol–water partition coefficient (Wildman–Crippen LogP) is 1.71. The van der Waals surface area contributed by atoms with Crippen molar-refractivity contribution in [3.8, 4) is 0 Å². The summed E-state index contributed by atoms with van der Waals surface area (Å²) in [6.45, 7) is 12.6. The third kappa shape index (κ3) is 4.31. The van der Waals surface area contributed by atoms with Gasteiger partial charge in [0.05, 0.1) is 17.3 Å². The highest BCUT2D eigenvalue weighted by Gasteiger charge is 2.37.